The summed E-state index contributed by atoms with van der Waals surface area (Å²) in [5.74, 6) is 1.32. The van der Waals surface area contributed by atoms with Gasteiger partial charge in [-0.2, -0.15) is 0 Å². The van der Waals surface area contributed by atoms with Crippen LogP contribution in [0.4, 0.5) is 0 Å². The summed E-state index contributed by atoms with van der Waals surface area (Å²) in [5.41, 5.74) is 8.86. The van der Waals surface area contributed by atoms with Gasteiger partial charge in [-0.05, 0) is 48.8 Å². The molecule has 2 atom stereocenters. The molecule has 0 amide bonds. The molecule has 1 nitrogen and oxygen atoms in total. The second-order valence-electron chi connectivity index (χ2n) is 4.41. The molecule has 0 aliphatic heterocycles. The summed E-state index contributed by atoms with van der Waals surface area (Å²) < 4.78 is 0. The van der Waals surface area contributed by atoms with Crippen LogP contribution in [0.25, 0.3) is 0 Å². The maximum Gasteiger partial charge on any atom is -0.00457 e. The number of nitrogens with two attached hydrogens (primary N) is 1. The summed E-state index contributed by atoms with van der Waals surface area (Å²) in [6, 6.07) is 8.85. The molecule has 0 saturated heterocycles. The molecule has 1 aliphatic carbocycles. The lowest BCUT2D eigenvalue weighted by atomic mass is 9.76. The van der Waals surface area contributed by atoms with Crippen LogP contribution >= 0.6 is 0 Å². The molecule has 2 rings (SSSR count). The molecular formula is C13H19N. The second-order valence-corrected chi connectivity index (χ2v) is 4.41. The first-order chi connectivity index (χ1) is 6.83. The van der Waals surface area contributed by atoms with E-state index in [1.165, 1.54) is 19.3 Å². The first-order valence-corrected chi connectivity index (χ1v) is 5.61. The Hall–Kier alpha value is -0.820. The Kier molecular flexibility index (Phi) is 2.87. The molecule has 0 saturated carbocycles. The van der Waals surface area contributed by atoms with E-state index in [-0.39, 0.29) is 0 Å². The van der Waals surface area contributed by atoms with E-state index in [1.807, 2.05) is 0 Å². The highest BCUT2D eigenvalue weighted by Gasteiger charge is 2.23. The predicted molar refractivity (Wildman–Crippen MR) is 60.3 cm³/mol. The Labute approximate surface area is 86.3 Å². The Morgan fingerprint density at radius 1 is 1.43 bits per heavy atom. The van der Waals surface area contributed by atoms with E-state index < -0.39 is 0 Å². The first-order valence-electron chi connectivity index (χ1n) is 5.61. The van der Waals surface area contributed by atoms with Gasteiger partial charge in [0.2, 0.25) is 0 Å². The fourth-order valence-corrected chi connectivity index (χ4v) is 2.55. The molecule has 0 aromatic heterocycles. The second kappa shape index (κ2) is 4.14. The molecule has 1 heteroatoms. The van der Waals surface area contributed by atoms with Crippen LogP contribution in [-0.4, -0.2) is 6.54 Å². The fourth-order valence-electron chi connectivity index (χ4n) is 2.55. The Balaban J connectivity index is 2.30. The highest BCUT2D eigenvalue weighted by molar-refractivity contribution is 5.33. The van der Waals surface area contributed by atoms with Gasteiger partial charge in [0, 0.05) is 0 Å². The minimum Gasteiger partial charge on any atom is -0.330 e. The van der Waals surface area contributed by atoms with Crippen molar-refractivity contribution >= 4 is 0 Å². The van der Waals surface area contributed by atoms with Crippen molar-refractivity contribution in [3.63, 3.8) is 0 Å². The van der Waals surface area contributed by atoms with Crippen LogP contribution in [0.1, 0.15) is 36.8 Å². The van der Waals surface area contributed by atoms with E-state index in [2.05, 4.69) is 31.2 Å². The summed E-state index contributed by atoms with van der Waals surface area (Å²) in [6.45, 7) is 3.08. The lowest BCUT2D eigenvalue weighted by molar-refractivity contribution is 0.413. The fraction of sp³-hybridized carbons (Fsp3) is 0.538. The molecule has 0 fully saturated rings. The van der Waals surface area contributed by atoms with Crippen molar-refractivity contribution in [3.8, 4) is 0 Å². The minimum atomic E-state index is 0.622. The predicted octanol–water partition coefficient (Wildman–Crippen LogP) is 2.70. The third-order valence-electron chi connectivity index (χ3n) is 3.47. The van der Waals surface area contributed by atoms with Crippen molar-refractivity contribution in [1.29, 1.82) is 0 Å². The Bertz CT molecular complexity index is 306. The number of hydrogen-bond acceptors (Lipinski definition) is 1. The molecule has 1 aromatic rings. The lowest BCUT2D eigenvalue weighted by Gasteiger charge is -2.29. The topological polar surface area (TPSA) is 26.0 Å². The first kappa shape index (κ1) is 9.72. The van der Waals surface area contributed by atoms with Crippen molar-refractivity contribution in [3.05, 3.63) is 35.4 Å². The standard InChI is InChI=1S/C13H19N/c1-10(9-14)12-8-4-6-11-5-2-3-7-13(11)12/h2-3,5,7,10,12H,4,6,8-9,14H2,1H3/t10-,12?/m0/s1. The van der Waals surface area contributed by atoms with Crippen molar-refractivity contribution in [2.24, 2.45) is 11.7 Å². The van der Waals surface area contributed by atoms with Crippen LogP contribution in [0.5, 0.6) is 0 Å². The molecule has 2 N–H and O–H groups in total. The van der Waals surface area contributed by atoms with Gasteiger partial charge in [0.25, 0.3) is 0 Å². The molecule has 14 heavy (non-hydrogen) atoms. The smallest absolute Gasteiger partial charge is 0.00457 e. The van der Waals surface area contributed by atoms with Crippen LogP contribution in [0.2, 0.25) is 0 Å². The normalized spacial score (nSPS) is 22.9. The van der Waals surface area contributed by atoms with Gasteiger partial charge in [0.05, 0.1) is 0 Å². The number of hydrogen-bond donors (Lipinski definition) is 1. The average Bonchev–Trinajstić information content (AvgIpc) is 2.27. The van der Waals surface area contributed by atoms with E-state index in [1.54, 1.807) is 11.1 Å². The minimum absolute atomic E-state index is 0.622. The third-order valence-corrected chi connectivity index (χ3v) is 3.47. The molecule has 0 heterocycles. The van der Waals surface area contributed by atoms with E-state index in [0.29, 0.717) is 11.8 Å². The van der Waals surface area contributed by atoms with Crippen molar-refractivity contribution < 1.29 is 0 Å². The zero-order valence-corrected chi connectivity index (χ0v) is 8.87. The average molecular weight is 189 g/mol. The summed E-state index contributed by atoms with van der Waals surface area (Å²) >= 11 is 0. The number of rotatable bonds is 2. The van der Waals surface area contributed by atoms with Gasteiger partial charge in [-0.25, -0.2) is 0 Å². The largest absolute Gasteiger partial charge is 0.330 e. The van der Waals surface area contributed by atoms with Crippen molar-refractivity contribution in [2.75, 3.05) is 6.54 Å². The van der Waals surface area contributed by atoms with Gasteiger partial charge in [-0.15, -0.1) is 0 Å². The summed E-state index contributed by atoms with van der Waals surface area (Å²) in [7, 11) is 0. The number of aryl methyl sites for hydroxylation is 1. The Morgan fingerprint density at radius 2 is 2.21 bits per heavy atom. The van der Waals surface area contributed by atoms with Crippen LogP contribution < -0.4 is 5.73 Å². The molecule has 0 radical (unpaired) electrons. The highest BCUT2D eigenvalue weighted by atomic mass is 14.6. The highest BCUT2D eigenvalue weighted by Crippen LogP contribution is 2.36. The maximum atomic E-state index is 5.76. The lowest BCUT2D eigenvalue weighted by Crippen LogP contribution is -2.22. The van der Waals surface area contributed by atoms with Crippen LogP contribution in [0, 0.1) is 5.92 Å². The van der Waals surface area contributed by atoms with Crippen molar-refractivity contribution in [2.45, 2.75) is 32.1 Å². The van der Waals surface area contributed by atoms with Gasteiger partial charge < -0.3 is 5.73 Å². The van der Waals surface area contributed by atoms with E-state index in [4.69, 9.17) is 5.73 Å². The maximum absolute atomic E-state index is 5.76. The number of benzene rings is 1. The van der Waals surface area contributed by atoms with E-state index in [9.17, 15) is 0 Å². The summed E-state index contributed by atoms with van der Waals surface area (Å²) in [5, 5.41) is 0. The molecular weight excluding hydrogens is 170 g/mol. The van der Waals surface area contributed by atoms with Crippen LogP contribution in [0.3, 0.4) is 0 Å². The zero-order chi connectivity index (χ0) is 9.97. The van der Waals surface area contributed by atoms with Gasteiger partial charge in [0.1, 0.15) is 0 Å². The van der Waals surface area contributed by atoms with Crippen molar-refractivity contribution in [1.82, 2.24) is 0 Å². The molecule has 1 aromatic carbocycles. The van der Waals surface area contributed by atoms with Crippen LogP contribution in [0.15, 0.2) is 24.3 Å². The summed E-state index contributed by atoms with van der Waals surface area (Å²) in [4.78, 5) is 0. The molecule has 1 unspecified atom stereocenters. The molecule has 76 valence electrons. The zero-order valence-electron chi connectivity index (χ0n) is 8.87. The monoisotopic (exact) mass is 189 g/mol. The van der Waals surface area contributed by atoms with Gasteiger partial charge in [-0.3, -0.25) is 0 Å². The van der Waals surface area contributed by atoms with Gasteiger partial charge >= 0.3 is 0 Å². The quantitative estimate of drug-likeness (QED) is 0.760. The number of fused-ring (bicyclic) bond motifs is 1. The van der Waals surface area contributed by atoms with E-state index in [0.717, 1.165) is 6.54 Å². The molecule has 0 spiro atoms. The van der Waals surface area contributed by atoms with Gasteiger partial charge in [0.15, 0.2) is 0 Å². The molecule has 1 aliphatic rings. The Morgan fingerprint density at radius 3 is 3.00 bits per heavy atom. The SMILES string of the molecule is C[C@@H](CN)C1CCCc2ccccc21. The van der Waals surface area contributed by atoms with Gasteiger partial charge in [-0.1, -0.05) is 31.2 Å². The van der Waals surface area contributed by atoms with Crippen LogP contribution in [-0.2, 0) is 6.42 Å². The molecule has 0 bridgehead atoms. The third kappa shape index (κ3) is 1.69. The van der Waals surface area contributed by atoms with E-state index >= 15 is 0 Å². The summed E-state index contributed by atoms with van der Waals surface area (Å²) in [6.07, 6.45) is 3.89.